The van der Waals surface area contributed by atoms with Gasteiger partial charge in [-0.05, 0) is 30.4 Å². The molecule has 0 aliphatic carbocycles. The standard InChI is InChI=1S/C11H9N3O3S/c15-11(16)14-10(18)13-9-3-1-2-8(12-9)7-4-5-17-6-7/h1-6H,(H,15,16)(H2,12,13,14,18). The van der Waals surface area contributed by atoms with Crippen molar-refractivity contribution < 1.29 is 14.3 Å². The van der Waals surface area contributed by atoms with Crippen LogP contribution in [0.4, 0.5) is 10.6 Å². The van der Waals surface area contributed by atoms with Crippen molar-refractivity contribution in [1.82, 2.24) is 10.3 Å². The molecular weight excluding hydrogens is 254 g/mol. The van der Waals surface area contributed by atoms with Gasteiger partial charge < -0.3 is 14.8 Å². The first-order chi connectivity index (χ1) is 8.65. The molecule has 0 saturated carbocycles. The summed E-state index contributed by atoms with van der Waals surface area (Å²) in [6, 6.07) is 7.05. The van der Waals surface area contributed by atoms with Crippen LogP contribution in [0, 0.1) is 0 Å². The Morgan fingerprint density at radius 3 is 2.89 bits per heavy atom. The Labute approximate surface area is 108 Å². The normalized spacial score (nSPS) is 9.78. The van der Waals surface area contributed by atoms with Gasteiger partial charge in [0.05, 0.1) is 18.2 Å². The predicted molar refractivity (Wildman–Crippen MR) is 69.3 cm³/mol. The molecule has 0 aliphatic rings. The Balaban J connectivity index is 2.13. The fourth-order valence-corrected chi connectivity index (χ4v) is 1.51. The summed E-state index contributed by atoms with van der Waals surface area (Å²) in [4.78, 5) is 14.7. The molecule has 92 valence electrons. The van der Waals surface area contributed by atoms with Crippen LogP contribution in [0.2, 0.25) is 0 Å². The smallest absolute Gasteiger partial charge is 0.410 e. The van der Waals surface area contributed by atoms with E-state index in [4.69, 9.17) is 21.7 Å². The fourth-order valence-electron chi connectivity index (χ4n) is 1.32. The molecule has 2 aromatic rings. The van der Waals surface area contributed by atoms with Crippen LogP contribution in [-0.4, -0.2) is 21.3 Å². The first-order valence-corrected chi connectivity index (χ1v) is 5.36. The molecule has 0 fully saturated rings. The van der Waals surface area contributed by atoms with E-state index in [2.05, 4.69) is 10.3 Å². The van der Waals surface area contributed by atoms with Crippen LogP contribution in [0.25, 0.3) is 11.3 Å². The number of amides is 1. The number of anilines is 1. The molecule has 2 aromatic heterocycles. The molecule has 3 N–H and O–H groups in total. The van der Waals surface area contributed by atoms with Crippen molar-refractivity contribution in [3.8, 4) is 11.3 Å². The van der Waals surface area contributed by atoms with E-state index in [-0.39, 0.29) is 5.11 Å². The summed E-state index contributed by atoms with van der Waals surface area (Å²) in [7, 11) is 0. The monoisotopic (exact) mass is 263 g/mol. The zero-order valence-electron chi connectivity index (χ0n) is 9.08. The number of aromatic nitrogens is 1. The molecule has 0 spiro atoms. The van der Waals surface area contributed by atoms with E-state index >= 15 is 0 Å². The Kier molecular flexibility index (Phi) is 3.54. The highest BCUT2D eigenvalue weighted by Crippen LogP contribution is 2.18. The summed E-state index contributed by atoms with van der Waals surface area (Å²) in [6.07, 6.45) is 1.90. The number of nitrogens with zero attached hydrogens (tertiary/aromatic N) is 1. The van der Waals surface area contributed by atoms with Gasteiger partial charge in [-0.25, -0.2) is 9.78 Å². The molecule has 0 bridgehead atoms. The second-order valence-corrected chi connectivity index (χ2v) is 3.71. The van der Waals surface area contributed by atoms with Crippen molar-refractivity contribution in [3.63, 3.8) is 0 Å². The zero-order chi connectivity index (χ0) is 13.0. The molecule has 0 unspecified atom stereocenters. The van der Waals surface area contributed by atoms with Gasteiger partial charge in [-0.3, -0.25) is 5.32 Å². The molecule has 0 atom stereocenters. The maximum atomic E-state index is 10.4. The van der Waals surface area contributed by atoms with E-state index in [9.17, 15) is 4.79 Å². The Morgan fingerprint density at radius 2 is 2.22 bits per heavy atom. The minimum absolute atomic E-state index is 0.0284. The van der Waals surface area contributed by atoms with E-state index in [0.29, 0.717) is 11.5 Å². The quantitative estimate of drug-likeness (QED) is 0.721. The van der Waals surface area contributed by atoms with Crippen molar-refractivity contribution >= 4 is 29.2 Å². The first-order valence-electron chi connectivity index (χ1n) is 4.96. The second-order valence-electron chi connectivity index (χ2n) is 3.30. The van der Waals surface area contributed by atoms with E-state index in [1.807, 2.05) is 11.4 Å². The van der Waals surface area contributed by atoms with Crippen LogP contribution in [0.5, 0.6) is 0 Å². The largest absolute Gasteiger partial charge is 0.472 e. The lowest BCUT2D eigenvalue weighted by Crippen LogP contribution is -2.32. The summed E-state index contributed by atoms with van der Waals surface area (Å²) < 4.78 is 4.97. The third-order valence-corrected chi connectivity index (χ3v) is 2.23. The van der Waals surface area contributed by atoms with Gasteiger partial charge in [0, 0.05) is 5.56 Å². The summed E-state index contributed by atoms with van der Waals surface area (Å²) in [5, 5.41) is 13.2. The summed E-state index contributed by atoms with van der Waals surface area (Å²) in [5.74, 6) is 0.451. The van der Waals surface area contributed by atoms with Crippen molar-refractivity contribution in [2.75, 3.05) is 5.32 Å². The topological polar surface area (TPSA) is 87.4 Å². The van der Waals surface area contributed by atoms with Gasteiger partial charge in [-0.1, -0.05) is 6.07 Å². The number of furan rings is 1. The lowest BCUT2D eigenvalue weighted by molar-refractivity contribution is 0.200. The number of rotatable bonds is 2. The first kappa shape index (κ1) is 12.1. The molecule has 0 aliphatic heterocycles. The average molecular weight is 263 g/mol. The van der Waals surface area contributed by atoms with E-state index in [1.54, 1.807) is 30.7 Å². The van der Waals surface area contributed by atoms with Gasteiger partial charge in [-0.15, -0.1) is 0 Å². The van der Waals surface area contributed by atoms with Crippen molar-refractivity contribution in [3.05, 3.63) is 36.8 Å². The minimum atomic E-state index is -1.22. The zero-order valence-corrected chi connectivity index (χ0v) is 9.90. The van der Waals surface area contributed by atoms with Crippen molar-refractivity contribution in [1.29, 1.82) is 0 Å². The molecule has 6 nitrogen and oxygen atoms in total. The predicted octanol–water partition coefficient (Wildman–Crippen LogP) is 2.31. The number of carboxylic acid groups (broad SMARTS) is 1. The highest BCUT2D eigenvalue weighted by molar-refractivity contribution is 7.80. The molecule has 18 heavy (non-hydrogen) atoms. The third kappa shape index (κ3) is 3.05. The van der Waals surface area contributed by atoms with Crippen LogP contribution in [0.3, 0.4) is 0 Å². The molecule has 2 heterocycles. The lowest BCUT2D eigenvalue weighted by atomic mass is 10.2. The SMILES string of the molecule is O=C(O)NC(=S)Nc1cccc(-c2ccoc2)n1. The van der Waals surface area contributed by atoms with Gasteiger partial charge in [0.2, 0.25) is 0 Å². The van der Waals surface area contributed by atoms with E-state index in [0.717, 1.165) is 5.56 Å². The highest BCUT2D eigenvalue weighted by atomic mass is 32.1. The maximum Gasteiger partial charge on any atom is 0.410 e. The molecule has 2 rings (SSSR count). The maximum absolute atomic E-state index is 10.4. The Morgan fingerprint density at radius 1 is 1.39 bits per heavy atom. The van der Waals surface area contributed by atoms with Gasteiger partial charge in [0.25, 0.3) is 0 Å². The number of carbonyl (C=O) groups is 1. The van der Waals surface area contributed by atoms with Crippen LogP contribution < -0.4 is 10.6 Å². The van der Waals surface area contributed by atoms with Crippen LogP contribution in [0.15, 0.2) is 41.2 Å². The third-order valence-electron chi connectivity index (χ3n) is 2.03. The molecule has 0 saturated heterocycles. The number of hydrogen-bond donors (Lipinski definition) is 3. The molecule has 0 radical (unpaired) electrons. The van der Waals surface area contributed by atoms with Crippen molar-refractivity contribution in [2.24, 2.45) is 0 Å². The van der Waals surface area contributed by atoms with Gasteiger partial charge >= 0.3 is 6.09 Å². The number of hydrogen-bond acceptors (Lipinski definition) is 4. The molecule has 7 heteroatoms. The minimum Gasteiger partial charge on any atom is -0.472 e. The van der Waals surface area contributed by atoms with Crippen LogP contribution in [-0.2, 0) is 0 Å². The van der Waals surface area contributed by atoms with E-state index < -0.39 is 6.09 Å². The van der Waals surface area contributed by atoms with Gasteiger partial charge in [0.1, 0.15) is 5.82 Å². The number of thiocarbonyl (C=S) groups is 1. The Hall–Kier alpha value is -2.41. The lowest BCUT2D eigenvalue weighted by Gasteiger charge is -2.07. The van der Waals surface area contributed by atoms with Gasteiger partial charge in [0.15, 0.2) is 5.11 Å². The molecule has 1 amide bonds. The van der Waals surface area contributed by atoms with Gasteiger partial charge in [-0.2, -0.15) is 0 Å². The van der Waals surface area contributed by atoms with Crippen LogP contribution >= 0.6 is 12.2 Å². The highest BCUT2D eigenvalue weighted by Gasteiger charge is 2.05. The van der Waals surface area contributed by atoms with E-state index in [1.165, 1.54) is 0 Å². The summed E-state index contributed by atoms with van der Waals surface area (Å²) in [6.45, 7) is 0. The second kappa shape index (κ2) is 5.28. The van der Waals surface area contributed by atoms with Crippen LogP contribution in [0.1, 0.15) is 0 Å². The summed E-state index contributed by atoms with van der Waals surface area (Å²) in [5.41, 5.74) is 1.53. The number of pyridine rings is 1. The Bertz CT molecular complexity index is 569. The number of nitrogens with one attached hydrogen (secondary N) is 2. The molecular formula is C11H9N3O3S. The van der Waals surface area contributed by atoms with Crippen molar-refractivity contribution in [2.45, 2.75) is 0 Å². The fraction of sp³-hybridized carbons (Fsp3) is 0. The molecule has 0 aromatic carbocycles. The summed E-state index contributed by atoms with van der Waals surface area (Å²) >= 11 is 4.79. The average Bonchev–Trinajstić information content (AvgIpc) is 2.81.